The molecular weight excluding hydrogens is 370 g/mol. The molecule has 0 bridgehead atoms. The minimum atomic E-state index is -3.84. The Bertz CT molecular complexity index is 937. The lowest BCUT2D eigenvalue weighted by Gasteiger charge is -2.09. The zero-order valence-corrected chi connectivity index (χ0v) is 14.0. The number of hydrogen-bond donors (Lipinski definition) is 0. The van der Waals surface area contributed by atoms with E-state index < -0.39 is 10.0 Å². The molecule has 0 fully saturated rings. The minimum Gasteiger partial charge on any atom is -0.493 e. The van der Waals surface area contributed by atoms with Crippen LogP contribution in [0.15, 0.2) is 51.8 Å². The molecule has 6 nitrogen and oxygen atoms in total. The van der Waals surface area contributed by atoms with Gasteiger partial charge in [-0.3, -0.25) is 0 Å². The average Bonchev–Trinajstić information content (AvgIpc) is 2.94. The lowest BCUT2D eigenvalue weighted by atomic mass is 10.3. The molecule has 0 aliphatic rings. The highest BCUT2D eigenvalue weighted by Crippen LogP contribution is 2.29. The number of fused-ring (bicyclic) bond motifs is 1. The van der Waals surface area contributed by atoms with E-state index >= 15 is 0 Å². The maximum absolute atomic E-state index is 12.8. The molecule has 0 saturated heterocycles. The molecular formula is C14H12BrN3O3S. The van der Waals surface area contributed by atoms with Crippen molar-refractivity contribution in [3.8, 4) is 5.75 Å². The molecule has 1 aromatic heterocycles. The number of benzene rings is 2. The Kier molecular flexibility index (Phi) is 3.88. The van der Waals surface area contributed by atoms with E-state index in [-0.39, 0.29) is 4.90 Å². The third-order valence-corrected chi connectivity index (χ3v) is 5.28. The molecule has 0 aliphatic carbocycles. The molecule has 1 heterocycles. The quantitative estimate of drug-likeness (QED) is 0.694. The summed E-state index contributed by atoms with van der Waals surface area (Å²) in [4.78, 5) is 0.0924. The van der Waals surface area contributed by atoms with Crippen LogP contribution in [0.25, 0.3) is 11.0 Å². The molecule has 0 aliphatic heterocycles. The molecule has 0 spiro atoms. The molecule has 0 amide bonds. The van der Waals surface area contributed by atoms with Gasteiger partial charge in [-0.2, -0.15) is 8.42 Å². The molecule has 3 rings (SSSR count). The largest absolute Gasteiger partial charge is 0.493 e. The van der Waals surface area contributed by atoms with Crippen LogP contribution in [0.3, 0.4) is 0 Å². The van der Waals surface area contributed by atoms with Gasteiger partial charge in [-0.05, 0) is 47.1 Å². The van der Waals surface area contributed by atoms with Gasteiger partial charge >= 0.3 is 0 Å². The van der Waals surface area contributed by atoms with Crippen LogP contribution in [-0.2, 0) is 10.0 Å². The van der Waals surface area contributed by atoms with Gasteiger partial charge in [0, 0.05) is 6.07 Å². The van der Waals surface area contributed by atoms with Crippen molar-refractivity contribution in [2.45, 2.75) is 11.8 Å². The molecule has 0 atom stereocenters. The highest BCUT2D eigenvalue weighted by molar-refractivity contribution is 9.10. The molecule has 0 unspecified atom stereocenters. The summed E-state index contributed by atoms with van der Waals surface area (Å²) in [5.74, 6) is 0.466. The second kappa shape index (κ2) is 5.69. The van der Waals surface area contributed by atoms with Crippen molar-refractivity contribution < 1.29 is 13.2 Å². The summed E-state index contributed by atoms with van der Waals surface area (Å²) in [5.41, 5.74) is 0.955. The highest BCUT2D eigenvalue weighted by Gasteiger charge is 2.22. The molecule has 114 valence electrons. The van der Waals surface area contributed by atoms with Crippen molar-refractivity contribution in [2.75, 3.05) is 6.61 Å². The standard InChI is InChI=1S/C14H12BrN3O3S/c1-2-21-14-9-10(7-8-11(14)15)22(19,20)18-13-6-4-3-5-12(13)16-17-18/h3-9H,2H2,1H3. The van der Waals surface area contributed by atoms with Crippen LogP contribution in [0.1, 0.15) is 6.92 Å². The maximum atomic E-state index is 12.8. The van der Waals surface area contributed by atoms with Gasteiger partial charge in [0.05, 0.1) is 16.0 Å². The van der Waals surface area contributed by atoms with Gasteiger partial charge in [-0.1, -0.05) is 17.3 Å². The summed E-state index contributed by atoms with van der Waals surface area (Å²) in [6, 6.07) is 11.5. The molecule has 0 radical (unpaired) electrons. The van der Waals surface area contributed by atoms with E-state index in [1.54, 1.807) is 30.3 Å². The minimum absolute atomic E-state index is 0.0924. The van der Waals surface area contributed by atoms with Crippen molar-refractivity contribution in [3.05, 3.63) is 46.9 Å². The fourth-order valence-corrected chi connectivity index (χ4v) is 3.64. The van der Waals surface area contributed by atoms with E-state index in [9.17, 15) is 8.42 Å². The second-order valence-corrected chi connectivity index (χ2v) is 7.07. The third kappa shape index (κ3) is 2.48. The van der Waals surface area contributed by atoms with E-state index in [0.717, 1.165) is 4.09 Å². The SMILES string of the molecule is CCOc1cc(S(=O)(=O)n2nnc3ccccc32)ccc1Br. The summed E-state index contributed by atoms with van der Waals surface area (Å²) in [5, 5.41) is 7.65. The van der Waals surface area contributed by atoms with Crippen molar-refractivity contribution in [3.63, 3.8) is 0 Å². The van der Waals surface area contributed by atoms with E-state index in [1.165, 1.54) is 12.1 Å². The number of aromatic nitrogens is 3. The zero-order valence-electron chi connectivity index (χ0n) is 11.6. The van der Waals surface area contributed by atoms with Gasteiger partial charge in [0.1, 0.15) is 16.8 Å². The summed E-state index contributed by atoms with van der Waals surface area (Å²) in [6.45, 7) is 2.27. The number of hydrogen-bond acceptors (Lipinski definition) is 5. The lowest BCUT2D eigenvalue weighted by molar-refractivity contribution is 0.337. The van der Waals surface area contributed by atoms with Crippen molar-refractivity contribution in [2.24, 2.45) is 0 Å². The number of para-hydroxylation sites is 1. The Morgan fingerprint density at radius 3 is 2.77 bits per heavy atom. The predicted octanol–water partition coefficient (Wildman–Crippen LogP) is 2.83. The summed E-state index contributed by atoms with van der Waals surface area (Å²) >= 11 is 3.33. The van der Waals surface area contributed by atoms with Crippen molar-refractivity contribution in [1.29, 1.82) is 0 Å². The molecule has 0 saturated carbocycles. The first-order valence-corrected chi connectivity index (χ1v) is 8.75. The Hall–Kier alpha value is -1.93. The Balaban J connectivity index is 2.16. The van der Waals surface area contributed by atoms with Gasteiger partial charge in [0.2, 0.25) is 0 Å². The third-order valence-electron chi connectivity index (χ3n) is 3.05. The van der Waals surface area contributed by atoms with Gasteiger partial charge in [0.15, 0.2) is 0 Å². The zero-order chi connectivity index (χ0) is 15.7. The smallest absolute Gasteiger partial charge is 0.285 e. The van der Waals surface area contributed by atoms with Crippen LogP contribution >= 0.6 is 15.9 Å². The molecule has 2 aromatic carbocycles. The van der Waals surface area contributed by atoms with Gasteiger partial charge in [-0.25, -0.2) is 0 Å². The van der Waals surface area contributed by atoms with Crippen LogP contribution < -0.4 is 4.74 Å². The van der Waals surface area contributed by atoms with Crippen LogP contribution in [-0.4, -0.2) is 29.4 Å². The summed E-state index contributed by atoms with van der Waals surface area (Å²) < 4.78 is 32.6. The first-order valence-electron chi connectivity index (χ1n) is 6.52. The number of rotatable bonds is 4. The fourth-order valence-electron chi connectivity index (χ4n) is 2.04. The predicted molar refractivity (Wildman–Crippen MR) is 85.4 cm³/mol. The van der Waals surface area contributed by atoms with E-state index in [4.69, 9.17) is 4.74 Å². The monoisotopic (exact) mass is 381 g/mol. The van der Waals surface area contributed by atoms with Gasteiger partial charge < -0.3 is 4.74 Å². The van der Waals surface area contributed by atoms with Crippen LogP contribution in [0.2, 0.25) is 0 Å². The first kappa shape index (κ1) is 15.0. The number of nitrogens with zero attached hydrogens (tertiary/aromatic N) is 3. The number of ether oxygens (including phenoxy) is 1. The Morgan fingerprint density at radius 2 is 2.00 bits per heavy atom. The Morgan fingerprint density at radius 1 is 1.23 bits per heavy atom. The lowest BCUT2D eigenvalue weighted by Crippen LogP contribution is -2.14. The fraction of sp³-hybridized carbons (Fsp3) is 0.143. The van der Waals surface area contributed by atoms with E-state index in [1.807, 2.05) is 6.92 Å². The second-order valence-electron chi connectivity index (χ2n) is 4.45. The average molecular weight is 382 g/mol. The Labute approximate surface area is 135 Å². The summed E-state index contributed by atoms with van der Waals surface area (Å²) in [6.07, 6.45) is 0. The molecule has 3 aromatic rings. The normalized spacial score (nSPS) is 11.7. The van der Waals surface area contributed by atoms with Crippen LogP contribution in [0, 0.1) is 0 Å². The molecule has 22 heavy (non-hydrogen) atoms. The first-order chi connectivity index (χ1) is 10.5. The van der Waals surface area contributed by atoms with Gasteiger partial charge in [0.25, 0.3) is 10.0 Å². The van der Waals surface area contributed by atoms with Crippen LogP contribution in [0.4, 0.5) is 0 Å². The summed E-state index contributed by atoms with van der Waals surface area (Å²) in [7, 11) is -3.84. The molecule has 8 heteroatoms. The topological polar surface area (TPSA) is 74.1 Å². The molecule has 0 N–H and O–H groups in total. The van der Waals surface area contributed by atoms with Crippen molar-refractivity contribution in [1.82, 2.24) is 14.4 Å². The van der Waals surface area contributed by atoms with Crippen molar-refractivity contribution >= 4 is 37.0 Å². The number of halogens is 1. The maximum Gasteiger partial charge on any atom is 0.285 e. The van der Waals surface area contributed by atoms with E-state index in [0.29, 0.717) is 27.9 Å². The highest BCUT2D eigenvalue weighted by atomic mass is 79.9. The van der Waals surface area contributed by atoms with E-state index in [2.05, 4.69) is 26.2 Å². The van der Waals surface area contributed by atoms with Crippen LogP contribution in [0.5, 0.6) is 5.75 Å². The van der Waals surface area contributed by atoms with Gasteiger partial charge in [-0.15, -0.1) is 9.19 Å².